The van der Waals surface area contributed by atoms with E-state index in [0.717, 1.165) is 4.46 Å². The van der Waals surface area contributed by atoms with E-state index in [1.807, 2.05) is 49.4 Å². The van der Waals surface area contributed by atoms with Crippen LogP contribution < -0.4 is 4.46 Å². The first-order valence-corrected chi connectivity index (χ1v) is 8.58. The van der Waals surface area contributed by atoms with Gasteiger partial charge in [-0.05, 0) is 0 Å². The predicted molar refractivity (Wildman–Crippen MR) is 79.1 cm³/mol. The molecule has 1 aromatic carbocycles. The van der Waals surface area contributed by atoms with Gasteiger partial charge in [0.25, 0.3) is 0 Å². The van der Waals surface area contributed by atoms with Gasteiger partial charge in [-0.25, -0.2) is 0 Å². The molecule has 0 saturated carbocycles. The molecule has 0 spiro atoms. The van der Waals surface area contributed by atoms with E-state index in [4.69, 9.17) is 4.74 Å². The van der Waals surface area contributed by atoms with Crippen molar-refractivity contribution in [2.24, 2.45) is 0 Å². The Morgan fingerprint density at radius 3 is 2.65 bits per heavy atom. The van der Waals surface area contributed by atoms with E-state index >= 15 is 0 Å². The summed E-state index contributed by atoms with van der Waals surface area (Å²) in [4.78, 5) is 23.8. The second-order valence-corrected chi connectivity index (χ2v) is 7.50. The minimum atomic E-state index is -0.314. The van der Waals surface area contributed by atoms with Crippen molar-refractivity contribution >= 4 is 31.2 Å². The molecule has 4 heteroatoms. The molecule has 20 heavy (non-hydrogen) atoms. The fourth-order valence-electron chi connectivity index (χ4n) is 1.95. The Bertz CT molecular complexity index is 496. The zero-order chi connectivity index (χ0) is 14.4. The van der Waals surface area contributed by atoms with Crippen LogP contribution in [0, 0.1) is 0 Å². The van der Waals surface area contributed by atoms with Crippen LogP contribution in [-0.2, 0) is 14.3 Å². The van der Waals surface area contributed by atoms with Crippen LogP contribution in [0.15, 0.2) is 42.5 Å². The molecule has 0 N–H and O–H groups in total. The summed E-state index contributed by atoms with van der Waals surface area (Å²) >= 11 is -0.0728. The number of carbonyl (C=O) groups excluding carboxylic acids is 2. The van der Waals surface area contributed by atoms with Crippen LogP contribution in [-0.4, -0.2) is 32.8 Å². The van der Waals surface area contributed by atoms with Gasteiger partial charge in [-0.3, -0.25) is 0 Å². The number of ether oxygens (including phenoxy) is 1. The van der Waals surface area contributed by atoms with E-state index < -0.39 is 0 Å². The summed E-state index contributed by atoms with van der Waals surface area (Å²) < 4.78 is 6.55. The summed E-state index contributed by atoms with van der Waals surface area (Å²) in [5.41, 5.74) is 0. The topological polar surface area (TPSA) is 43.4 Å². The van der Waals surface area contributed by atoms with Gasteiger partial charge in [0.15, 0.2) is 0 Å². The summed E-state index contributed by atoms with van der Waals surface area (Å²) in [6.07, 6.45) is 5.04. The van der Waals surface area contributed by atoms with Crippen LogP contribution in [0.3, 0.4) is 0 Å². The molecule has 106 valence electrons. The Morgan fingerprint density at radius 1 is 1.15 bits per heavy atom. The molecule has 1 aliphatic rings. The van der Waals surface area contributed by atoms with Crippen molar-refractivity contribution in [2.75, 3.05) is 0 Å². The third-order valence-corrected chi connectivity index (χ3v) is 5.49. The van der Waals surface area contributed by atoms with Crippen molar-refractivity contribution in [3.8, 4) is 0 Å². The first-order valence-electron chi connectivity index (χ1n) is 6.74. The van der Waals surface area contributed by atoms with Gasteiger partial charge in [-0.2, -0.15) is 0 Å². The van der Waals surface area contributed by atoms with Gasteiger partial charge in [0.1, 0.15) is 0 Å². The molecule has 0 radical (unpaired) electrons. The number of hydrogen-bond acceptors (Lipinski definition) is 3. The average Bonchev–Trinajstić information content (AvgIpc) is 2.43. The van der Waals surface area contributed by atoms with Crippen LogP contribution in [0.5, 0.6) is 0 Å². The summed E-state index contributed by atoms with van der Waals surface area (Å²) in [5, 5.41) is 0. The van der Waals surface area contributed by atoms with Crippen molar-refractivity contribution in [1.29, 1.82) is 0 Å². The molecule has 0 aliphatic carbocycles. The van der Waals surface area contributed by atoms with Crippen LogP contribution >= 0.6 is 0 Å². The van der Waals surface area contributed by atoms with Gasteiger partial charge < -0.3 is 0 Å². The Labute approximate surface area is 125 Å². The number of Topliss-reactive ketones (excluding diaryl/α,β-unsaturated/α-hetero) is 1. The summed E-state index contributed by atoms with van der Waals surface area (Å²) in [6.45, 7) is 1.89. The third-order valence-electron chi connectivity index (χ3n) is 3.00. The molecule has 1 aliphatic heterocycles. The van der Waals surface area contributed by atoms with Crippen LogP contribution in [0.2, 0.25) is 4.82 Å². The van der Waals surface area contributed by atoms with Crippen molar-refractivity contribution in [2.45, 2.75) is 37.1 Å². The standard InChI is InChI=1S/C16H18O3Se/c1-12-7-5-6-8-13(17)11-15(16(18)19-12)20-14-9-3-2-4-10-14/h2-6,9-10,12,15H,7-8,11H2,1H3/b6-5+. The number of benzene rings is 1. The fourth-order valence-corrected chi connectivity index (χ4v) is 4.18. The SMILES string of the molecule is CC1C/C=C/CC(=O)CC([Se]c2ccccc2)C(=O)O1. The van der Waals surface area contributed by atoms with Crippen molar-refractivity contribution < 1.29 is 14.3 Å². The fraction of sp³-hybridized carbons (Fsp3) is 0.375. The molecule has 1 aromatic rings. The van der Waals surface area contributed by atoms with Crippen molar-refractivity contribution in [3.05, 3.63) is 42.5 Å². The summed E-state index contributed by atoms with van der Waals surface area (Å²) in [6, 6.07) is 9.86. The second-order valence-electron chi connectivity index (χ2n) is 4.82. The number of esters is 1. The monoisotopic (exact) mass is 338 g/mol. The molecular weight excluding hydrogens is 319 g/mol. The maximum atomic E-state index is 12.2. The first-order chi connectivity index (χ1) is 9.65. The Morgan fingerprint density at radius 2 is 1.90 bits per heavy atom. The van der Waals surface area contributed by atoms with Crippen molar-refractivity contribution in [3.63, 3.8) is 0 Å². The number of hydrogen-bond donors (Lipinski definition) is 0. The van der Waals surface area contributed by atoms with Gasteiger partial charge in [-0.15, -0.1) is 0 Å². The third kappa shape index (κ3) is 4.62. The normalized spacial score (nSPS) is 25.9. The predicted octanol–water partition coefficient (Wildman–Crippen LogP) is 2.05. The maximum absolute atomic E-state index is 12.2. The molecule has 2 unspecified atom stereocenters. The Hall–Kier alpha value is -1.38. The molecule has 0 amide bonds. The van der Waals surface area contributed by atoms with Crippen LogP contribution in [0.4, 0.5) is 0 Å². The van der Waals surface area contributed by atoms with E-state index in [1.54, 1.807) is 0 Å². The summed E-state index contributed by atoms with van der Waals surface area (Å²) in [5.74, 6) is -0.124. The van der Waals surface area contributed by atoms with E-state index in [0.29, 0.717) is 12.8 Å². The van der Waals surface area contributed by atoms with E-state index in [1.165, 1.54) is 0 Å². The number of rotatable bonds is 2. The minimum absolute atomic E-state index is 0.0728. The molecule has 0 bridgehead atoms. The number of cyclic esters (lactones) is 1. The first kappa shape index (κ1) is 15.0. The average molecular weight is 337 g/mol. The van der Waals surface area contributed by atoms with Gasteiger partial charge in [0, 0.05) is 0 Å². The Balaban J connectivity index is 2.12. The van der Waals surface area contributed by atoms with Crippen LogP contribution in [0.25, 0.3) is 0 Å². The molecule has 0 aromatic heterocycles. The molecule has 2 rings (SSSR count). The zero-order valence-electron chi connectivity index (χ0n) is 11.5. The quantitative estimate of drug-likeness (QED) is 0.471. The number of allylic oxidation sites excluding steroid dienone is 1. The molecule has 3 nitrogen and oxygen atoms in total. The molecule has 0 saturated heterocycles. The van der Waals surface area contributed by atoms with E-state index in [9.17, 15) is 9.59 Å². The molecular formula is C16H18O3Se. The van der Waals surface area contributed by atoms with Gasteiger partial charge >= 0.3 is 125 Å². The molecule has 0 fully saturated rings. The van der Waals surface area contributed by atoms with Crippen LogP contribution in [0.1, 0.15) is 26.2 Å². The number of ketones is 1. The Kier molecular flexibility index (Phi) is 5.57. The van der Waals surface area contributed by atoms with E-state index in [-0.39, 0.29) is 44.1 Å². The number of carbonyl (C=O) groups is 2. The van der Waals surface area contributed by atoms with Gasteiger partial charge in [0.2, 0.25) is 0 Å². The summed E-state index contributed by atoms with van der Waals surface area (Å²) in [7, 11) is 0. The molecule has 1 heterocycles. The van der Waals surface area contributed by atoms with Crippen molar-refractivity contribution in [1.82, 2.24) is 0 Å². The zero-order valence-corrected chi connectivity index (χ0v) is 13.2. The van der Waals surface area contributed by atoms with E-state index in [2.05, 4.69) is 0 Å². The van der Waals surface area contributed by atoms with Gasteiger partial charge in [0.05, 0.1) is 0 Å². The second kappa shape index (κ2) is 7.41. The van der Waals surface area contributed by atoms with Gasteiger partial charge in [-0.1, -0.05) is 0 Å². The molecule has 2 atom stereocenters.